The molecule has 0 unspecified atom stereocenters. The van der Waals surface area contributed by atoms with Crippen LogP contribution in [-0.4, -0.2) is 23.0 Å². The maximum atomic E-state index is 13.4. The van der Waals surface area contributed by atoms with Gasteiger partial charge in [-0.2, -0.15) is 0 Å². The fourth-order valence-electron chi connectivity index (χ4n) is 1.40. The number of carbonyl (C=O) groups excluding carboxylic acids is 2. The van der Waals surface area contributed by atoms with Crippen LogP contribution in [0.25, 0.3) is 0 Å². The Morgan fingerprint density at radius 3 is 2.43 bits per heavy atom. The molecule has 3 N–H and O–H groups in total. The number of imide groups is 1. The van der Waals surface area contributed by atoms with Crippen LogP contribution >= 0.6 is 15.9 Å². The Hall–Kier alpha value is -2.03. The van der Waals surface area contributed by atoms with E-state index in [1.807, 2.05) is 5.32 Å². The van der Waals surface area contributed by atoms with E-state index in [0.717, 1.165) is 6.07 Å². The Labute approximate surface area is 126 Å². The largest absolute Gasteiger partial charge is 0.481 e. The van der Waals surface area contributed by atoms with Gasteiger partial charge < -0.3 is 10.4 Å². The second-order valence-electron chi connectivity index (χ2n) is 3.99. The number of aliphatic carboxylic acids is 1. The van der Waals surface area contributed by atoms with Crippen molar-refractivity contribution in [3.8, 4) is 0 Å². The number of carboxylic acid groups (broad SMARTS) is 1. The second-order valence-corrected chi connectivity index (χ2v) is 4.85. The lowest BCUT2D eigenvalue weighted by Crippen LogP contribution is -2.34. The third-order valence-electron chi connectivity index (χ3n) is 2.29. The molecule has 1 aromatic rings. The van der Waals surface area contributed by atoms with E-state index in [1.54, 1.807) is 0 Å². The van der Waals surface area contributed by atoms with E-state index in [0.29, 0.717) is 6.07 Å². The molecule has 0 bridgehead atoms. The highest BCUT2D eigenvalue weighted by Gasteiger charge is 2.14. The van der Waals surface area contributed by atoms with Gasteiger partial charge in [0.15, 0.2) is 5.82 Å². The van der Waals surface area contributed by atoms with Crippen molar-refractivity contribution in [3.63, 3.8) is 0 Å². The van der Waals surface area contributed by atoms with Gasteiger partial charge in [-0.15, -0.1) is 0 Å². The number of carbonyl (C=O) groups is 3. The summed E-state index contributed by atoms with van der Waals surface area (Å²) in [6, 6.07) is 0.532. The van der Waals surface area contributed by atoms with Crippen LogP contribution in [0, 0.1) is 11.6 Å². The average molecular weight is 365 g/mol. The predicted octanol–water partition coefficient (Wildman–Crippen LogP) is 2.63. The van der Waals surface area contributed by atoms with E-state index in [2.05, 4.69) is 21.2 Å². The molecule has 0 atom stereocenters. The monoisotopic (exact) mass is 364 g/mol. The molecule has 0 aromatic heterocycles. The van der Waals surface area contributed by atoms with E-state index in [-0.39, 0.29) is 29.4 Å². The molecule has 9 heteroatoms. The lowest BCUT2D eigenvalue weighted by Gasteiger charge is -2.09. The number of rotatable bonds is 5. The molecule has 0 fully saturated rings. The van der Waals surface area contributed by atoms with Crippen molar-refractivity contribution in [3.05, 3.63) is 28.2 Å². The highest BCUT2D eigenvalue weighted by Crippen LogP contribution is 2.26. The molecule has 21 heavy (non-hydrogen) atoms. The summed E-state index contributed by atoms with van der Waals surface area (Å²) in [6.07, 6.45) is -0.289. The van der Waals surface area contributed by atoms with Gasteiger partial charge in [0.25, 0.3) is 0 Å². The minimum Gasteiger partial charge on any atom is -0.481 e. The predicted molar refractivity (Wildman–Crippen MR) is 72.7 cm³/mol. The molecule has 3 amide bonds. The summed E-state index contributed by atoms with van der Waals surface area (Å²) in [5.74, 6) is -3.58. The highest BCUT2D eigenvalue weighted by molar-refractivity contribution is 9.10. The maximum Gasteiger partial charge on any atom is 0.325 e. The number of nitrogens with one attached hydrogen (secondary N) is 2. The molecular weight excluding hydrogens is 354 g/mol. The zero-order valence-electron chi connectivity index (χ0n) is 10.6. The fraction of sp³-hybridized carbons (Fsp3) is 0.250. The van der Waals surface area contributed by atoms with Crippen LogP contribution < -0.4 is 10.6 Å². The molecular formula is C12H11BrF2N2O4. The molecule has 0 heterocycles. The van der Waals surface area contributed by atoms with Gasteiger partial charge in [0.1, 0.15) is 5.82 Å². The van der Waals surface area contributed by atoms with E-state index in [4.69, 9.17) is 5.11 Å². The third kappa shape index (κ3) is 5.86. The summed E-state index contributed by atoms with van der Waals surface area (Å²) in [5.41, 5.74) is -0.313. The molecule has 0 aliphatic carbocycles. The first kappa shape index (κ1) is 17.0. The van der Waals surface area contributed by atoms with Crippen molar-refractivity contribution < 1.29 is 28.3 Å². The maximum absolute atomic E-state index is 13.4. The first-order valence-corrected chi connectivity index (χ1v) is 6.56. The van der Waals surface area contributed by atoms with Gasteiger partial charge in [0.05, 0.1) is 5.69 Å². The number of urea groups is 1. The van der Waals surface area contributed by atoms with Crippen molar-refractivity contribution in [1.29, 1.82) is 0 Å². The Kier molecular flexibility index (Phi) is 6.22. The van der Waals surface area contributed by atoms with Gasteiger partial charge in [0, 0.05) is 23.4 Å². The summed E-state index contributed by atoms with van der Waals surface area (Å²) in [7, 11) is 0. The third-order valence-corrected chi connectivity index (χ3v) is 2.92. The summed E-state index contributed by atoms with van der Waals surface area (Å²) in [6.45, 7) is 0. The first-order valence-electron chi connectivity index (χ1n) is 5.76. The van der Waals surface area contributed by atoms with Crippen molar-refractivity contribution >= 4 is 39.5 Å². The van der Waals surface area contributed by atoms with Crippen LogP contribution in [0.1, 0.15) is 19.3 Å². The van der Waals surface area contributed by atoms with Crippen LogP contribution in [0.3, 0.4) is 0 Å². The van der Waals surface area contributed by atoms with E-state index in [9.17, 15) is 23.2 Å². The molecule has 0 aliphatic rings. The quantitative estimate of drug-likeness (QED) is 0.748. The SMILES string of the molecule is O=C(O)CCCC(=O)NC(=O)Nc1c(F)cc(F)cc1Br. The van der Waals surface area contributed by atoms with Crippen LogP contribution in [0.2, 0.25) is 0 Å². The number of hydrogen-bond donors (Lipinski definition) is 3. The van der Waals surface area contributed by atoms with Gasteiger partial charge in [-0.1, -0.05) is 0 Å². The van der Waals surface area contributed by atoms with E-state index >= 15 is 0 Å². The number of amides is 3. The van der Waals surface area contributed by atoms with Crippen LogP contribution in [0.5, 0.6) is 0 Å². The smallest absolute Gasteiger partial charge is 0.325 e. The standard InChI is InChI=1S/C12H11BrF2N2O4/c13-7-4-6(14)5-8(15)11(7)17-12(21)16-9(18)2-1-3-10(19)20/h4-5H,1-3H2,(H,19,20)(H2,16,17,18,21). The lowest BCUT2D eigenvalue weighted by atomic mass is 10.2. The number of anilines is 1. The molecule has 0 aliphatic heterocycles. The summed E-state index contributed by atoms with van der Waals surface area (Å²) >= 11 is 2.88. The summed E-state index contributed by atoms with van der Waals surface area (Å²) < 4.78 is 26.3. The molecule has 0 spiro atoms. The highest BCUT2D eigenvalue weighted by atomic mass is 79.9. The molecule has 1 aromatic carbocycles. The van der Waals surface area contributed by atoms with Crippen molar-refractivity contribution in [2.45, 2.75) is 19.3 Å². The number of carboxylic acids is 1. The van der Waals surface area contributed by atoms with Gasteiger partial charge >= 0.3 is 12.0 Å². The number of halogens is 3. The lowest BCUT2D eigenvalue weighted by molar-refractivity contribution is -0.137. The zero-order chi connectivity index (χ0) is 16.0. The Morgan fingerprint density at radius 1 is 1.19 bits per heavy atom. The minimum atomic E-state index is -1.05. The van der Waals surface area contributed by atoms with Crippen molar-refractivity contribution in [1.82, 2.24) is 5.32 Å². The first-order chi connectivity index (χ1) is 9.79. The van der Waals surface area contributed by atoms with Crippen LogP contribution in [0.4, 0.5) is 19.3 Å². The van der Waals surface area contributed by atoms with Crippen molar-refractivity contribution in [2.24, 2.45) is 0 Å². The summed E-state index contributed by atoms with van der Waals surface area (Å²) in [4.78, 5) is 33.0. The van der Waals surface area contributed by atoms with Gasteiger partial charge in [-0.25, -0.2) is 13.6 Å². The Morgan fingerprint density at radius 2 is 1.86 bits per heavy atom. The zero-order valence-corrected chi connectivity index (χ0v) is 12.2. The Bertz CT molecular complexity index is 557. The fourth-order valence-corrected chi connectivity index (χ4v) is 1.90. The minimum absolute atomic E-state index is 0.0199. The average Bonchev–Trinajstić information content (AvgIpc) is 2.33. The molecule has 6 nitrogen and oxygen atoms in total. The van der Waals surface area contributed by atoms with E-state index < -0.39 is 29.5 Å². The Balaban J connectivity index is 2.54. The normalized spacial score (nSPS) is 10.0. The molecule has 114 valence electrons. The van der Waals surface area contributed by atoms with Crippen LogP contribution in [0.15, 0.2) is 16.6 Å². The number of benzene rings is 1. The van der Waals surface area contributed by atoms with Gasteiger partial charge in [-0.3, -0.25) is 14.9 Å². The van der Waals surface area contributed by atoms with Gasteiger partial charge in [0.2, 0.25) is 5.91 Å². The molecule has 0 radical (unpaired) electrons. The molecule has 1 rings (SSSR count). The van der Waals surface area contributed by atoms with E-state index in [1.165, 1.54) is 0 Å². The van der Waals surface area contributed by atoms with Crippen LogP contribution in [-0.2, 0) is 9.59 Å². The number of hydrogen-bond acceptors (Lipinski definition) is 3. The second kappa shape index (κ2) is 7.67. The van der Waals surface area contributed by atoms with Crippen molar-refractivity contribution in [2.75, 3.05) is 5.32 Å². The van der Waals surface area contributed by atoms with Gasteiger partial charge in [-0.05, 0) is 28.4 Å². The summed E-state index contributed by atoms with van der Waals surface area (Å²) in [5, 5.41) is 12.4. The molecule has 0 saturated carbocycles. The molecule has 0 saturated heterocycles. The topological polar surface area (TPSA) is 95.5 Å².